The van der Waals surface area contributed by atoms with Crippen LogP contribution >= 0.6 is 0 Å². The molecule has 0 N–H and O–H groups in total. The summed E-state index contributed by atoms with van der Waals surface area (Å²) in [7, 11) is 1.67. The highest BCUT2D eigenvalue weighted by atomic mass is 16.5. The van der Waals surface area contributed by atoms with Crippen molar-refractivity contribution in [1.82, 2.24) is 4.90 Å². The van der Waals surface area contributed by atoms with Crippen LogP contribution in [0, 0.1) is 5.41 Å². The van der Waals surface area contributed by atoms with E-state index < -0.39 is 0 Å². The van der Waals surface area contributed by atoms with Gasteiger partial charge in [0.2, 0.25) is 5.91 Å². The van der Waals surface area contributed by atoms with Crippen LogP contribution < -0.4 is 4.74 Å². The first kappa shape index (κ1) is 15.9. The zero-order chi connectivity index (χ0) is 15.8. The number of carbonyl (C=O) groups is 1. The fourth-order valence-corrected chi connectivity index (χ4v) is 3.28. The van der Waals surface area contributed by atoms with E-state index in [-0.39, 0.29) is 23.4 Å². The summed E-state index contributed by atoms with van der Waals surface area (Å²) in [5.41, 5.74) is 0.988. The van der Waals surface area contributed by atoms with Crippen molar-refractivity contribution in [3.8, 4) is 5.75 Å². The third-order valence-electron chi connectivity index (χ3n) is 4.59. The van der Waals surface area contributed by atoms with Gasteiger partial charge in [0.1, 0.15) is 5.75 Å². The number of rotatable bonds is 5. The second-order valence-electron chi connectivity index (χ2n) is 6.85. The molecule has 0 bridgehead atoms. The fraction of sp³-hybridized carbons (Fsp3) is 0.611. The number of hydrogen-bond donors (Lipinski definition) is 0. The molecule has 0 unspecified atom stereocenters. The second-order valence-corrected chi connectivity index (χ2v) is 6.85. The Labute approximate surface area is 128 Å². The molecule has 1 aliphatic carbocycles. The van der Waals surface area contributed by atoms with Crippen LogP contribution in [0.3, 0.4) is 0 Å². The van der Waals surface area contributed by atoms with Crippen molar-refractivity contribution in [2.45, 2.75) is 59.0 Å². The molecule has 2 rings (SSSR count). The maximum absolute atomic E-state index is 12.9. The van der Waals surface area contributed by atoms with Crippen molar-refractivity contribution in [2.24, 2.45) is 5.41 Å². The van der Waals surface area contributed by atoms with Crippen molar-refractivity contribution in [3.05, 3.63) is 29.8 Å². The van der Waals surface area contributed by atoms with Gasteiger partial charge in [0, 0.05) is 12.1 Å². The molecule has 1 fully saturated rings. The first-order valence-corrected chi connectivity index (χ1v) is 7.78. The zero-order valence-electron chi connectivity index (χ0n) is 14.0. The number of methoxy groups -OCH3 is 1. The number of hydrogen-bond acceptors (Lipinski definition) is 2. The number of benzene rings is 1. The van der Waals surface area contributed by atoms with Crippen LogP contribution in [0.25, 0.3) is 0 Å². The van der Waals surface area contributed by atoms with E-state index in [4.69, 9.17) is 4.74 Å². The number of carbonyl (C=O) groups excluding carboxylic acids is 1. The first-order valence-electron chi connectivity index (χ1n) is 7.78. The maximum atomic E-state index is 12.9. The topological polar surface area (TPSA) is 29.5 Å². The summed E-state index contributed by atoms with van der Waals surface area (Å²) >= 11 is 0. The first-order chi connectivity index (χ1) is 9.81. The highest BCUT2D eigenvalue weighted by molar-refractivity contribution is 5.87. The van der Waals surface area contributed by atoms with Crippen LogP contribution in [-0.2, 0) is 4.79 Å². The van der Waals surface area contributed by atoms with E-state index >= 15 is 0 Å². The third kappa shape index (κ3) is 2.92. The lowest BCUT2D eigenvalue weighted by atomic mass is 9.98. The average molecular weight is 289 g/mol. The van der Waals surface area contributed by atoms with Crippen LogP contribution in [0.5, 0.6) is 5.75 Å². The van der Waals surface area contributed by atoms with Crippen LogP contribution in [-0.4, -0.2) is 30.0 Å². The third-order valence-corrected chi connectivity index (χ3v) is 4.59. The Morgan fingerprint density at radius 2 is 1.71 bits per heavy atom. The molecule has 0 heterocycles. The molecule has 116 valence electrons. The Bertz CT molecular complexity index is 498. The summed E-state index contributed by atoms with van der Waals surface area (Å²) < 4.78 is 5.19. The minimum atomic E-state index is -0.247. The van der Waals surface area contributed by atoms with Crippen molar-refractivity contribution < 1.29 is 9.53 Å². The van der Waals surface area contributed by atoms with Gasteiger partial charge in [-0.2, -0.15) is 0 Å². The molecular formula is C18H27NO2. The van der Waals surface area contributed by atoms with Gasteiger partial charge in [-0.05, 0) is 57.7 Å². The van der Waals surface area contributed by atoms with Gasteiger partial charge in [-0.3, -0.25) is 4.79 Å². The molecule has 2 atom stereocenters. The quantitative estimate of drug-likeness (QED) is 0.824. The summed E-state index contributed by atoms with van der Waals surface area (Å²) in [4.78, 5) is 14.9. The average Bonchev–Trinajstić information content (AvgIpc) is 3.12. The van der Waals surface area contributed by atoms with Gasteiger partial charge >= 0.3 is 0 Å². The standard InChI is InChI=1S/C18H27NO2/c1-12(2)19(13(3)4)17(20)18(5)11-16(18)14-7-9-15(21-6)10-8-14/h7-10,12-13,16H,11H2,1-6H3/t16-,18+/m1/s1. The predicted molar refractivity (Wildman–Crippen MR) is 85.6 cm³/mol. The van der Waals surface area contributed by atoms with Crippen LogP contribution in [0.4, 0.5) is 0 Å². The highest BCUT2D eigenvalue weighted by Gasteiger charge is 2.58. The molecule has 1 amide bonds. The lowest BCUT2D eigenvalue weighted by Gasteiger charge is -2.33. The van der Waals surface area contributed by atoms with Crippen molar-refractivity contribution in [1.29, 1.82) is 0 Å². The lowest BCUT2D eigenvalue weighted by Crippen LogP contribution is -2.45. The molecule has 0 radical (unpaired) electrons. The SMILES string of the molecule is COc1ccc([C@H]2C[C@]2(C)C(=O)N(C(C)C)C(C)C)cc1. The predicted octanol–water partition coefficient (Wildman–Crippen LogP) is 3.83. The van der Waals surface area contributed by atoms with Gasteiger partial charge in [0.15, 0.2) is 0 Å². The molecule has 1 aliphatic rings. The van der Waals surface area contributed by atoms with Crippen LogP contribution in [0.1, 0.15) is 52.5 Å². The van der Waals surface area contributed by atoms with Crippen LogP contribution in [0.2, 0.25) is 0 Å². The Kier molecular flexibility index (Phi) is 4.31. The van der Waals surface area contributed by atoms with E-state index in [2.05, 4.69) is 46.8 Å². The van der Waals surface area contributed by atoms with Crippen molar-refractivity contribution in [3.63, 3.8) is 0 Å². The highest BCUT2D eigenvalue weighted by Crippen LogP contribution is 2.60. The van der Waals surface area contributed by atoms with Gasteiger partial charge in [0.05, 0.1) is 12.5 Å². The van der Waals surface area contributed by atoms with E-state index in [9.17, 15) is 4.79 Å². The van der Waals surface area contributed by atoms with Gasteiger partial charge in [0.25, 0.3) is 0 Å². The Hall–Kier alpha value is -1.51. The summed E-state index contributed by atoms with van der Waals surface area (Å²) in [5, 5.41) is 0. The summed E-state index contributed by atoms with van der Waals surface area (Å²) in [6, 6.07) is 8.59. The molecule has 1 aromatic carbocycles. The Morgan fingerprint density at radius 3 is 2.14 bits per heavy atom. The van der Waals surface area contributed by atoms with Crippen molar-refractivity contribution in [2.75, 3.05) is 7.11 Å². The van der Waals surface area contributed by atoms with E-state index in [0.29, 0.717) is 5.92 Å². The lowest BCUT2D eigenvalue weighted by molar-refractivity contribution is -0.140. The summed E-state index contributed by atoms with van der Waals surface area (Å²) in [6.07, 6.45) is 0.939. The minimum Gasteiger partial charge on any atom is -0.497 e. The van der Waals surface area contributed by atoms with Gasteiger partial charge < -0.3 is 9.64 Å². The van der Waals surface area contributed by atoms with Gasteiger partial charge in [-0.25, -0.2) is 0 Å². The van der Waals surface area contributed by atoms with E-state index in [1.807, 2.05) is 17.0 Å². The zero-order valence-corrected chi connectivity index (χ0v) is 14.0. The molecule has 0 spiro atoms. The number of ether oxygens (including phenoxy) is 1. The van der Waals surface area contributed by atoms with Gasteiger partial charge in [-0.15, -0.1) is 0 Å². The van der Waals surface area contributed by atoms with E-state index in [1.54, 1.807) is 7.11 Å². The monoisotopic (exact) mass is 289 g/mol. The smallest absolute Gasteiger partial charge is 0.229 e. The fourth-order valence-electron chi connectivity index (χ4n) is 3.28. The molecule has 3 heteroatoms. The number of amides is 1. The van der Waals surface area contributed by atoms with E-state index in [0.717, 1.165) is 12.2 Å². The van der Waals surface area contributed by atoms with E-state index in [1.165, 1.54) is 5.56 Å². The summed E-state index contributed by atoms with van der Waals surface area (Å²) in [5.74, 6) is 1.47. The molecular weight excluding hydrogens is 262 g/mol. The minimum absolute atomic E-state index is 0.242. The summed E-state index contributed by atoms with van der Waals surface area (Å²) in [6.45, 7) is 10.5. The largest absolute Gasteiger partial charge is 0.497 e. The maximum Gasteiger partial charge on any atom is 0.229 e. The molecule has 21 heavy (non-hydrogen) atoms. The Balaban J connectivity index is 2.16. The molecule has 0 saturated heterocycles. The molecule has 3 nitrogen and oxygen atoms in total. The number of nitrogens with zero attached hydrogens (tertiary/aromatic N) is 1. The molecule has 0 aromatic heterocycles. The second kappa shape index (κ2) is 5.70. The molecule has 1 aromatic rings. The normalized spacial score (nSPS) is 24.3. The van der Waals surface area contributed by atoms with Gasteiger partial charge in [-0.1, -0.05) is 19.1 Å². The van der Waals surface area contributed by atoms with Crippen molar-refractivity contribution >= 4 is 5.91 Å². The molecule has 1 saturated carbocycles. The molecule has 0 aliphatic heterocycles. The van der Waals surface area contributed by atoms with Crippen LogP contribution in [0.15, 0.2) is 24.3 Å². The Morgan fingerprint density at radius 1 is 1.19 bits per heavy atom.